The monoisotopic (exact) mass is 335 g/mol. The smallest absolute Gasteiger partial charge is 0.465 e. The summed E-state index contributed by atoms with van der Waals surface area (Å²) in [7, 11) is 1.09. The van der Waals surface area contributed by atoms with Gasteiger partial charge in [0.2, 0.25) is 0 Å². The standard InChI is InChI=1S/C13H12F3NO6/c1-7(18)23-10-4-3-8(5-9(10)12(20)21-2)17-11(19)6-22-13(14,15)16/h3-5H,6H2,1-2H3,(H,17,19). The van der Waals surface area contributed by atoms with Crippen molar-refractivity contribution in [3.05, 3.63) is 23.8 Å². The summed E-state index contributed by atoms with van der Waals surface area (Å²) in [6.45, 7) is -0.131. The van der Waals surface area contributed by atoms with Crippen LogP contribution in [0.5, 0.6) is 5.75 Å². The van der Waals surface area contributed by atoms with Gasteiger partial charge < -0.3 is 14.8 Å². The molecule has 0 aliphatic carbocycles. The minimum atomic E-state index is -4.94. The molecule has 0 heterocycles. The van der Waals surface area contributed by atoms with Crippen molar-refractivity contribution in [3.63, 3.8) is 0 Å². The van der Waals surface area contributed by atoms with Crippen molar-refractivity contribution < 1.29 is 41.8 Å². The number of amides is 1. The van der Waals surface area contributed by atoms with E-state index in [4.69, 9.17) is 4.74 Å². The Hall–Kier alpha value is -2.62. The van der Waals surface area contributed by atoms with Gasteiger partial charge in [-0.2, -0.15) is 0 Å². The van der Waals surface area contributed by atoms with E-state index in [1.165, 1.54) is 12.1 Å². The van der Waals surface area contributed by atoms with Gasteiger partial charge >= 0.3 is 18.3 Å². The Labute approximate surface area is 128 Å². The zero-order valence-corrected chi connectivity index (χ0v) is 12.0. The fourth-order valence-electron chi connectivity index (χ4n) is 1.47. The van der Waals surface area contributed by atoms with E-state index in [9.17, 15) is 27.6 Å². The third-order valence-corrected chi connectivity index (χ3v) is 2.29. The first-order valence-corrected chi connectivity index (χ1v) is 6.03. The molecule has 0 saturated heterocycles. The normalized spacial score (nSPS) is 10.8. The molecule has 0 aliphatic heterocycles. The van der Waals surface area contributed by atoms with Gasteiger partial charge in [0, 0.05) is 12.6 Å². The molecule has 1 N–H and O–H groups in total. The van der Waals surface area contributed by atoms with E-state index < -0.39 is 30.8 Å². The van der Waals surface area contributed by atoms with Gasteiger partial charge in [-0.25, -0.2) is 4.79 Å². The molecule has 0 spiro atoms. The molecule has 1 aromatic rings. The Morgan fingerprint density at radius 3 is 2.39 bits per heavy atom. The predicted molar refractivity (Wildman–Crippen MR) is 69.7 cm³/mol. The molecule has 0 atom stereocenters. The van der Waals surface area contributed by atoms with E-state index in [2.05, 4.69) is 14.8 Å². The van der Waals surface area contributed by atoms with Crippen molar-refractivity contribution in [1.29, 1.82) is 0 Å². The van der Waals surface area contributed by atoms with Gasteiger partial charge in [-0.15, -0.1) is 13.2 Å². The number of hydrogen-bond acceptors (Lipinski definition) is 6. The molecule has 126 valence electrons. The fraction of sp³-hybridized carbons (Fsp3) is 0.308. The van der Waals surface area contributed by atoms with Gasteiger partial charge in [0.25, 0.3) is 5.91 Å². The van der Waals surface area contributed by atoms with Crippen molar-refractivity contribution in [3.8, 4) is 5.75 Å². The molecule has 0 saturated carbocycles. The highest BCUT2D eigenvalue weighted by Gasteiger charge is 2.30. The van der Waals surface area contributed by atoms with Crippen molar-refractivity contribution >= 4 is 23.5 Å². The van der Waals surface area contributed by atoms with E-state index in [0.29, 0.717) is 0 Å². The van der Waals surface area contributed by atoms with Crippen LogP contribution in [0.4, 0.5) is 18.9 Å². The first-order valence-electron chi connectivity index (χ1n) is 6.03. The molecular weight excluding hydrogens is 323 g/mol. The number of rotatable bonds is 5. The molecule has 0 unspecified atom stereocenters. The Bertz CT molecular complexity index is 614. The molecule has 1 aromatic carbocycles. The molecule has 1 amide bonds. The third-order valence-electron chi connectivity index (χ3n) is 2.29. The summed E-state index contributed by atoms with van der Waals surface area (Å²) >= 11 is 0. The summed E-state index contributed by atoms with van der Waals surface area (Å²) in [5.74, 6) is -2.75. The Balaban J connectivity index is 2.90. The van der Waals surface area contributed by atoms with E-state index in [0.717, 1.165) is 20.1 Å². The molecule has 0 aromatic heterocycles. The van der Waals surface area contributed by atoms with Crippen LogP contribution in [-0.2, 0) is 19.1 Å². The topological polar surface area (TPSA) is 90.9 Å². The molecule has 10 heteroatoms. The largest absolute Gasteiger partial charge is 0.523 e. The van der Waals surface area contributed by atoms with Gasteiger partial charge in [-0.3, -0.25) is 14.3 Å². The van der Waals surface area contributed by atoms with Gasteiger partial charge in [-0.1, -0.05) is 0 Å². The Kier molecular flexibility index (Phi) is 6.08. The van der Waals surface area contributed by atoms with Gasteiger partial charge in [0.05, 0.1) is 7.11 Å². The van der Waals surface area contributed by atoms with Crippen LogP contribution in [0.25, 0.3) is 0 Å². The number of alkyl halides is 3. The first-order chi connectivity index (χ1) is 10.6. The highest BCUT2D eigenvalue weighted by Crippen LogP contribution is 2.24. The highest BCUT2D eigenvalue weighted by atomic mass is 19.4. The molecule has 23 heavy (non-hydrogen) atoms. The van der Waals surface area contributed by atoms with E-state index in [1.54, 1.807) is 0 Å². The van der Waals surface area contributed by atoms with Gasteiger partial charge in [0.1, 0.15) is 17.9 Å². The molecule has 0 aliphatic rings. The second-order valence-corrected chi connectivity index (χ2v) is 4.08. The summed E-state index contributed by atoms with van der Waals surface area (Å²) in [5.41, 5.74) is -0.186. The van der Waals surface area contributed by atoms with Crippen molar-refractivity contribution in [2.24, 2.45) is 0 Å². The van der Waals surface area contributed by atoms with Crippen LogP contribution in [0.3, 0.4) is 0 Å². The maximum Gasteiger partial charge on any atom is 0.523 e. The maximum atomic E-state index is 11.8. The van der Waals surface area contributed by atoms with Gasteiger partial charge in [-0.05, 0) is 18.2 Å². The number of carbonyl (C=O) groups excluding carboxylic acids is 3. The summed E-state index contributed by atoms with van der Waals surface area (Å²) < 4.78 is 48.2. The summed E-state index contributed by atoms with van der Waals surface area (Å²) in [5, 5.41) is 2.10. The first kappa shape index (κ1) is 18.4. The highest BCUT2D eigenvalue weighted by molar-refractivity contribution is 5.97. The summed E-state index contributed by atoms with van der Waals surface area (Å²) in [4.78, 5) is 33.9. The Morgan fingerprint density at radius 1 is 1.22 bits per heavy atom. The summed E-state index contributed by atoms with van der Waals surface area (Å²) in [6, 6.07) is 3.51. The lowest BCUT2D eigenvalue weighted by molar-refractivity contribution is -0.320. The van der Waals surface area contributed by atoms with Crippen LogP contribution in [0.2, 0.25) is 0 Å². The minimum Gasteiger partial charge on any atom is -0.465 e. The van der Waals surface area contributed by atoms with E-state index in [-0.39, 0.29) is 17.0 Å². The molecule has 0 radical (unpaired) electrons. The van der Waals surface area contributed by atoms with Gasteiger partial charge in [0.15, 0.2) is 0 Å². The number of carbonyl (C=O) groups is 3. The maximum absolute atomic E-state index is 11.8. The SMILES string of the molecule is COC(=O)c1cc(NC(=O)COC(F)(F)F)ccc1OC(C)=O. The number of hydrogen-bond donors (Lipinski definition) is 1. The van der Waals surface area contributed by atoms with Crippen LogP contribution in [0, 0.1) is 0 Å². The number of benzene rings is 1. The third kappa shape index (κ3) is 6.34. The van der Waals surface area contributed by atoms with E-state index >= 15 is 0 Å². The number of methoxy groups -OCH3 is 1. The number of nitrogens with one attached hydrogen (secondary N) is 1. The number of esters is 2. The minimum absolute atomic E-state index is 0.00271. The second kappa shape index (κ2) is 7.58. The quantitative estimate of drug-likeness (QED) is 0.652. The van der Waals surface area contributed by atoms with Crippen LogP contribution in [0.1, 0.15) is 17.3 Å². The number of ether oxygens (including phenoxy) is 3. The van der Waals surface area contributed by atoms with Crippen LogP contribution in [-0.4, -0.2) is 37.9 Å². The van der Waals surface area contributed by atoms with E-state index in [1.807, 2.05) is 0 Å². The lowest BCUT2D eigenvalue weighted by atomic mass is 10.1. The van der Waals surface area contributed by atoms with Crippen molar-refractivity contribution in [2.75, 3.05) is 19.0 Å². The average molecular weight is 335 g/mol. The molecule has 0 fully saturated rings. The van der Waals surface area contributed by atoms with Crippen molar-refractivity contribution in [2.45, 2.75) is 13.3 Å². The number of anilines is 1. The molecule has 1 rings (SSSR count). The zero-order valence-electron chi connectivity index (χ0n) is 12.0. The van der Waals surface area contributed by atoms with Crippen LogP contribution >= 0.6 is 0 Å². The fourth-order valence-corrected chi connectivity index (χ4v) is 1.47. The Morgan fingerprint density at radius 2 is 1.87 bits per heavy atom. The summed E-state index contributed by atoms with van der Waals surface area (Å²) in [6.07, 6.45) is -4.94. The number of halogens is 3. The predicted octanol–water partition coefficient (Wildman–Crippen LogP) is 1.87. The molecular formula is C13H12F3NO6. The molecule has 7 nitrogen and oxygen atoms in total. The van der Waals surface area contributed by atoms with Crippen LogP contribution < -0.4 is 10.1 Å². The zero-order chi connectivity index (χ0) is 17.6. The second-order valence-electron chi connectivity index (χ2n) is 4.08. The lowest BCUT2D eigenvalue weighted by Gasteiger charge is -2.11. The molecule has 0 bridgehead atoms. The van der Waals surface area contributed by atoms with Crippen molar-refractivity contribution in [1.82, 2.24) is 0 Å². The average Bonchev–Trinajstić information content (AvgIpc) is 2.44. The van der Waals surface area contributed by atoms with Crippen LogP contribution in [0.15, 0.2) is 18.2 Å². The lowest BCUT2D eigenvalue weighted by Crippen LogP contribution is -2.24.